The third-order valence-electron chi connectivity index (χ3n) is 6.22. The van der Waals surface area contributed by atoms with Crippen molar-refractivity contribution in [3.05, 3.63) is 35.1 Å². The Morgan fingerprint density at radius 2 is 2.04 bits per heavy atom. The fourth-order valence-corrected chi connectivity index (χ4v) is 4.54. The molecule has 0 radical (unpaired) electrons. The Morgan fingerprint density at radius 1 is 1.26 bits per heavy atom. The summed E-state index contributed by atoms with van der Waals surface area (Å²) in [5.74, 6) is -1.50. The van der Waals surface area contributed by atoms with Crippen molar-refractivity contribution in [1.82, 2.24) is 4.90 Å². The molecule has 4 nitrogen and oxygen atoms in total. The summed E-state index contributed by atoms with van der Waals surface area (Å²) in [7, 11) is 0. The van der Waals surface area contributed by atoms with Gasteiger partial charge in [-0.05, 0) is 48.3 Å². The van der Waals surface area contributed by atoms with Crippen LogP contribution in [0.3, 0.4) is 0 Å². The Morgan fingerprint density at radius 3 is 2.61 bits per heavy atom. The predicted octanol–water partition coefficient (Wildman–Crippen LogP) is 2.74. The number of halogens is 1. The number of amides is 1. The molecule has 2 aliphatic carbocycles. The molecule has 5 heteroatoms. The molecule has 3 aliphatic rings. The van der Waals surface area contributed by atoms with Crippen LogP contribution in [0, 0.1) is 17.2 Å². The molecule has 0 saturated heterocycles. The van der Waals surface area contributed by atoms with Crippen LogP contribution in [-0.4, -0.2) is 27.9 Å². The maximum Gasteiger partial charge on any atom is 0.326 e. The molecular weight excluding hydrogens is 297 g/mol. The Hall–Kier alpha value is -1.91. The zero-order valence-electron chi connectivity index (χ0n) is 12.9. The molecule has 1 aliphatic heterocycles. The second-order valence-corrected chi connectivity index (χ2v) is 7.21. The maximum absolute atomic E-state index is 14.0. The average Bonchev–Trinajstić information content (AvgIpc) is 2.43. The number of hydrogen-bond donors (Lipinski definition) is 1. The lowest BCUT2D eigenvalue weighted by Crippen LogP contribution is -2.58. The molecule has 1 spiro atoms. The molecule has 1 aromatic carbocycles. The molecule has 0 aromatic heterocycles. The normalized spacial score (nSPS) is 27.8. The molecule has 1 N–H and O–H groups in total. The van der Waals surface area contributed by atoms with Gasteiger partial charge in [-0.25, -0.2) is 9.18 Å². The smallest absolute Gasteiger partial charge is 0.326 e. The average molecular weight is 317 g/mol. The number of fused-ring (bicyclic) bond motifs is 1. The second-order valence-electron chi connectivity index (χ2n) is 7.21. The van der Waals surface area contributed by atoms with Crippen LogP contribution in [-0.2, 0) is 22.6 Å². The van der Waals surface area contributed by atoms with Gasteiger partial charge < -0.3 is 10.0 Å². The molecule has 122 valence electrons. The minimum atomic E-state index is -1.05. The van der Waals surface area contributed by atoms with Crippen LogP contribution in [0.25, 0.3) is 0 Å². The van der Waals surface area contributed by atoms with Crippen LogP contribution in [0.2, 0.25) is 0 Å². The van der Waals surface area contributed by atoms with Crippen LogP contribution in [0.4, 0.5) is 4.39 Å². The van der Waals surface area contributed by atoms with Crippen LogP contribution in [0.15, 0.2) is 18.2 Å². The number of carbonyl (C=O) groups is 2. The van der Waals surface area contributed by atoms with E-state index in [0.717, 1.165) is 31.2 Å². The lowest BCUT2D eigenvalue weighted by atomic mass is 9.49. The Balaban J connectivity index is 1.64. The van der Waals surface area contributed by atoms with Gasteiger partial charge in [-0.3, -0.25) is 4.79 Å². The van der Waals surface area contributed by atoms with Crippen LogP contribution in [0.5, 0.6) is 0 Å². The third-order valence-corrected chi connectivity index (χ3v) is 6.22. The molecule has 1 aromatic rings. The highest BCUT2D eigenvalue weighted by atomic mass is 19.1. The number of hydrogen-bond acceptors (Lipinski definition) is 2. The number of carboxylic acids is 1. The van der Waals surface area contributed by atoms with Crippen molar-refractivity contribution in [2.75, 3.05) is 0 Å². The standard InChI is InChI=1S/C18H20FNO3/c19-14-4-1-3-11-10-20(15(17(22)23)9-12(11)14)16(21)13-5-8-18(13)6-2-7-18/h1,3-4,13,15H,2,5-10H2,(H,22,23). The van der Waals surface area contributed by atoms with Crippen LogP contribution >= 0.6 is 0 Å². The third kappa shape index (κ3) is 2.09. The van der Waals surface area contributed by atoms with Gasteiger partial charge in [0.1, 0.15) is 11.9 Å². The fourth-order valence-electron chi connectivity index (χ4n) is 4.54. The fraction of sp³-hybridized carbons (Fsp3) is 0.556. The summed E-state index contributed by atoms with van der Waals surface area (Å²) in [4.78, 5) is 26.1. The first-order valence-electron chi connectivity index (χ1n) is 8.31. The topological polar surface area (TPSA) is 57.6 Å². The highest BCUT2D eigenvalue weighted by Crippen LogP contribution is 2.60. The Kier molecular flexibility index (Phi) is 3.22. The van der Waals surface area contributed by atoms with Crippen LogP contribution < -0.4 is 0 Å². The van der Waals surface area contributed by atoms with E-state index in [1.807, 2.05) is 0 Å². The zero-order chi connectivity index (χ0) is 16.2. The van der Waals surface area contributed by atoms with E-state index in [1.54, 1.807) is 12.1 Å². The minimum Gasteiger partial charge on any atom is -0.480 e. The molecule has 0 bridgehead atoms. The van der Waals surface area contributed by atoms with Gasteiger partial charge in [0.2, 0.25) is 5.91 Å². The number of nitrogens with zero attached hydrogens (tertiary/aromatic N) is 1. The zero-order valence-corrected chi connectivity index (χ0v) is 12.9. The summed E-state index contributed by atoms with van der Waals surface area (Å²) < 4.78 is 14.0. The number of benzene rings is 1. The largest absolute Gasteiger partial charge is 0.480 e. The second kappa shape index (κ2) is 5.05. The first-order valence-corrected chi connectivity index (χ1v) is 8.31. The monoisotopic (exact) mass is 317 g/mol. The molecule has 2 saturated carbocycles. The lowest BCUT2D eigenvalue weighted by molar-refractivity contribution is -0.165. The quantitative estimate of drug-likeness (QED) is 0.912. The molecule has 1 amide bonds. The minimum absolute atomic E-state index is 0.0341. The SMILES string of the molecule is O=C(O)C1Cc2c(F)cccc2CN1C(=O)C1CCC12CCC2. The van der Waals surface area contributed by atoms with E-state index in [1.165, 1.54) is 17.4 Å². The van der Waals surface area contributed by atoms with E-state index in [0.29, 0.717) is 5.56 Å². The lowest BCUT2D eigenvalue weighted by Gasteiger charge is -2.56. The van der Waals surface area contributed by atoms with Gasteiger partial charge in [0.15, 0.2) is 0 Å². The van der Waals surface area contributed by atoms with Gasteiger partial charge >= 0.3 is 5.97 Å². The molecule has 2 fully saturated rings. The molecule has 23 heavy (non-hydrogen) atoms. The highest BCUT2D eigenvalue weighted by Gasteiger charge is 2.55. The van der Waals surface area contributed by atoms with Crippen molar-refractivity contribution >= 4 is 11.9 Å². The van der Waals surface area contributed by atoms with Crippen molar-refractivity contribution in [3.8, 4) is 0 Å². The number of rotatable bonds is 2. The van der Waals surface area contributed by atoms with E-state index >= 15 is 0 Å². The van der Waals surface area contributed by atoms with E-state index in [2.05, 4.69) is 0 Å². The summed E-state index contributed by atoms with van der Waals surface area (Å²) in [6.07, 6.45) is 5.33. The van der Waals surface area contributed by atoms with Gasteiger partial charge in [-0.2, -0.15) is 0 Å². The predicted molar refractivity (Wildman–Crippen MR) is 81.1 cm³/mol. The molecule has 1 heterocycles. The summed E-state index contributed by atoms with van der Waals surface area (Å²) >= 11 is 0. The van der Waals surface area contributed by atoms with E-state index in [4.69, 9.17) is 0 Å². The summed E-state index contributed by atoms with van der Waals surface area (Å²) in [6, 6.07) is 3.81. The van der Waals surface area contributed by atoms with Crippen molar-refractivity contribution in [2.24, 2.45) is 11.3 Å². The van der Waals surface area contributed by atoms with E-state index in [-0.39, 0.29) is 36.0 Å². The molecule has 4 rings (SSSR count). The Labute approximate surface area is 134 Å². The summed E-state index contributed by atoms with van der Waals surface area (Å²) in [5.41, 5.74) is 1.32. The van der Waals surface area contributed by atoms with Gasteiger partial charge in [-0.1, -0.05) is 18.6 Å². The summed E-state index contributed by atoms with van der Waals surface area (Å²) in [6.45, 7) is 0.204. The number of carbonyl (C=O) groups excluding carboxylic acids is 1. The van der Waals surface area contributed by atoms with Gasteiger partial charge in [0.25, 0.3) is 0 Å². The van der Waals surface area contributed by atoms with Crippen molar-refractivity contribution < 1.29 is 19.1 Å². The van der Waals surface area contributed by atoms with E-state index < -0.39 is 12.0 Å². The van der Waals surface area contributed by atoms with Gasteiger partial charge in [-0.15, -0.1) is 0 Å². The highest BCUT2D eigenvalue weighted by molar-refractivity contribution is 5.87. The van der Waals surface area contributed by atoms with Crippen molar-refractivity contribution in [2.45, 2.75) is 51.1 Å². The van der Waals surface area contributed by atoms with Gasteiger partial charge in [0.05, 0.1) is 0 Å². The van der Waals surface area contributed by atoms with Crippen molar-refractivity contribution in [1.29, 1.82) is 0 Å². The van der Waals surface area contributed by atoms with Gasteiger partial charge in [0, 0.05) is 18.9 Å². The first kappa shape index (κ1) is 14.7. The Bertz CT molecular complexity index is 677. The molecule has 2 unspecified atom stereocenters. The summed E-state index contributed by atoms with van der Waals surface area (Å²) in [5, 5.41) is 9.53. The molecular formula is C18H20FNO3. The van der Waals surface area contributed by atoms with Crippen molar-refractivity contribution in [3.63, 3.8) is 0 Å². The molecule has 2 atom stereocenters. The van der Waals surface area contributed by atoms with Crippen LogP contribution in [0.1, 0.15) is 43.2 Å². The number of carboxylic acid groups (broad SMARTS) is 1. The van der Waals surface area contributed by atoms with E-state index in [9.17, 15) is 19.1 Å². The first-order chi connectivity index (χ1) is 11.0. The maximum atomic E-state index is 14.0. The number of aliphatic carboxylic acids is 1.